The average molecular weight is 382 g/mol. The van der Waals surface area contributed by atoms with Gasteiger partial charge >= 0.3 is 5.97 Å². The smallest absolute Gasteiger partial charge is 0.335 e. The van der Waals surface area contributed by atoms with E-state index >= 15 is 0 Å². The van der Waals surface area contributed by atoms with Crippen molar-refractivity contribution in [1.82, 2.24) is 0 Å². The van der Waals surface area contributed by atoms with E-state index in [-0.39, 0.29) is 5.56 Å². The molecule has 1 atom stereocenters. The van der Waals surface area contributed by atoms with Gasteiger partial charge in [-0.25, -0.2) is 9.79 Å². The Kier molecular flexibility index (Phi) is 3.82. The van der Waals surface area contributed by atoms with Crippen LogP contribution >= 0.6 is 0 Å². The highest BCUT2D eigenvalue weighted by Crippen LogP contribution is 2.55. The lowest BCUT2D eigenvalue weighted by Crippen LogP contribution is -2.61. The van der Waals surface area contributed by atoms with Gasteiger partial charge in [-0.2, -0.15) is 0 Å². The SMILES string of the molecule is COc1cc(OC)c2c(c1)OC1(C=N2)N(C)c2ccc(C(=O)O)cc2C1(C)C. The van der Waals surface area contributed by atoms with Gasteiger partial charge in [0.1, 0.15) is 11.4 Å². The summed E-state index contributed by atoms with van der Waals surface area (Å²) in [5.74, 6) is 0.752. The Hall–Kier alpha value is -3.22. The number of rotatable bonds is 3. The van der Waals surface area contributed by atoms with E-state index in [4.69, 9.17) is 14.2 Å². The third kappa shape index (κ3) is 2.22. The molecule has 2 aromatic carbocycles. The Morgan fingerprint density at radius 2 is 1.93 bits per heavy atom. The van der Waals surface area contributed by atoms with Crippen LogP contribution in [0.15, 0.2) is 35.3 Å². The number of anilines is 1. The number of aromatic carboxylic acids is 1. The van der Waals surface area contributed by atoms with E-state index in [0.29, 0.717) is 22.9 Å². The Bertz CT molecular complexity index is 1010. The van der Waals surface area contributed by atoms with Crippen molar-refractivity contribution >= 4 is 23.6 Å². The molecular formula is C21H22N2O5. The minimum atomic E-state index is -0.958. The molecule has 0 bridgehead atoms. The number of carboxylic acid groups (broad SMARTS) is 1. The summed E-state index contributed by atoms with van der Waals surface area (Å²) in [6, 6.07) is 8.67. The maximum atomic E-state index is 11.5. The standard InChI is InChI=1S/C21H22N2O5/c1-20(2)14-8-12(19(24)25)6-7-15(14)23(3)21(20)11-22-18-16(27-5)9-13(26-4)10-17(18)28-21/h6-11H,1-5H3,(H,24,25). The number of carboxylic acids is 1. The molecule has 4 rings (SSSR count). The van der Waals surface area contributed by atoms with Crippen LogP contribution in [-0.4, -0.2) is 44.3 Å². The van der Waals surface area contributed by atoms with E-state index in [9.17, 15) is 9.90 Å². The molecular weight excluding hydrogens is 360 g/mol. The predicted molar refractivity (Wildman–Crippen MR) is 106 cm³/mol. The number of aliphatic imine (C=N–C) groups is 1. The third-order valence-electron chi connectivity index (χ3n) is 5.78. The van der Waals surface area contributed by atoms with E-state index in [1.165, 1.54) is 0 Å². The van der Waals surface area contributed by atoms with Crippen molar-refractivity contribution in [3.63, 3.8) is 0 Å². The van der Waals surface area contributed by atoms with E-state index in [0.717, 1.165) is 11.3 Å². The van der Waals surface area contributed by atoms with Crippen LogP contribution in [0.25, 0.3) is 0 Å². The predicted octanol–water partition coefficient (Wildman–Crippen LogP) is 3.62. The van der Waals surface area contributed by atoms with Crippen LogP contribution in [0.1, 0.15) is 29.8 Å². The maximum absolute atomic E-state index is 11.5. The molecule has 7 nitrogen and oxygen atoms in total. The third-order valence-corrected chi connectivity index (χ3v) is 5.78. The summed E-state index contributed by atoms with van der Waals surface area (Å²) in [5.41, 5.74) is 1.14. The van der Waals surface area contributed by atoms with Gasteiger partial charge in [-0.05, 0) is 37.6 Å². The first-order chi connectivity index (χ1) is 13.2. The van der Waals surface area contributed by atoms with Crippen LogP contribution in [0.3, 0.4) is 0 Å². The molecule has 2 aliphatic heterocycles. The molecule has 2 heterocycles. The molecule has 0 saturated heterocycles. The normalized spacial score (nSPS) is 21.1. The molecule has 0 saturated carbocycles. The fraction of sp³-hybridized carbons (Fsp3) is 0.333. The summed E-state index contributed by atoms with van der Waals surface area (Å²) < 4.78 is 17.3. The Morgan fingerprint density at radius 3 is 2.57 bits per heavy atom. The first kappa shape index (κ1) is 18.2. The number of methoxy groups -OCH3 is 2. The number of nitrogens with zero attached hydrogens (tertiary/aromatic N) is 2. The van der Waals surface area contributed by atoms with Gasteiger partial charge in [0, 0.05) is 24.9 Å². The molecule has 0 amide bonds. The second-order valence-electron chi connectivity index (χ2n) is 7.45. The number of hydrogen-bond donors (Lipinski definition) is 1. The summed E-state index contributed by atoms with van der Waals surface area (Å²) in [4.78, 5) is 18.1. The molecule has 146 valence electrons. The molecule has 0 fully saturated rings. The number of carbonyl (C=O) groups is 1. The Labute approximate surface area is 163 Å². The largest absolute Gasteiger partial charge is 0.496 e. The van der Waals surface area contributed by atoms with Gasteiger partial charge in [-0.1, -0.05) is 0 Å². The zero-order valence-electron chi connectivity index (χ0n) is 16.4. The molecule has 7 heteroatoms. The van der Waals surface area contributed by atoms with Crippen LogP contribution in [0.5, 0.6) is 17.2 Å². The molecule has 0 aromatic heterocycles. The second kappa shape index (κ2) is 5.89. The second-order valence-corrected chi connectivity index (χ2v) is 7.45. The van der Waals surface area contributed by atoms with Crippen molar-refractivity contribution in [2.45, 2.75) is 25.0 Å². The summed E-state index contributed by atoms with van der Waals surface area (Å²) in [6.07, 6.45) is 1.77. The number of ether oxygens (including phenoxy) is 3. The summed E-state index contributed by atoms with van der Waals surface area (Å²) in [7, 11) is 5.07. The highest BCUT2D eigenvalue weighted by molar-refractivity contribution is 5.92. The zero-order chi connectivity index (χ0) is 20.3. The molecule has 2 aliphatic rings. The maximum Gasteiger partial charge on any atom is 0.335 e. The van der Waals surface area contributed by atoms with Gasteiger partial charge in [-0.3, -0.25) is 0 Å². The summed E-state index contributed by atoms with van der Waals surface area (Å²) in [5, 5.41) is 9.40. The first-order valence-electron chi connectivity index (χ1n) is 8.87. The topological polar surface area (TPSA) is 80.6 Å². The van der Waals surface area contributed by atoms with Gasteiger partial charge in [0.05, 0.1) is 31.4 Å². The van der Waals surface area contributed by atoms with Crippen molar-refractivity contribution in [2.24, 2.45) is 4.99 Å². The number of fused-ring (bicyclic) bond motifs is 2. The zero-order valence-corrected chi connectivity index (χ0v) is 16.4. The molecule has 1 N–H and O–H groups in total. The van der Waals surface area contributed by atoms with Crippen molar-refractivity contribution in [2.75, 3.05) is 26.2 Å². The molecule has 0 radical (unpaired) electrons. The van der Waals surface area contributed by atoms with Crippen LogP contribution in [0.2, 0.25) is 0 Å². The van der Waals surface area contributed by atoms with E-state index < -0.39 is 17.1 Å². The van der Waals surface area contributed by atoms with E-state index in [1.54, 1.807) is 44.7 Å². The molecule has 1 spiro atoms. The lowest BCUT2D eigenvalue weighted by molar-refractivity contribution is 0.0695. The van der Waals surface area contributed by atoms with Gasteiger partial charge < -0.3 is 24.2 Å². The van der Waals surface area contributed by atoms with Crippen molar-refractivity contribution in [3.8, 4) is 17.2 Å². The van der Waals surface area contributed by atoms with Crippen LogP contribution in [0.4, 0.5) is 11.4 Å². The van der Waals surface area contributed by atoms with E-state index in [1.807, 2.05) is 31.9 Å². The molecule has 28 heavy (non-hydrogen) atoms. The quantitative estimate of drug-likeness (QED) is 0.873. The molecule has 0 aliphatic carbocycles. The lowest BCUT2D eigenvalue weighted by atomic mass is 9.77. The Morgan fingerprint density at radius 1 is 1.18 bits per heavy atom. The van der Waals surface area contributed by atoms with Crippen molar-refractivity contribution < 1.29 is 24.1 Å². The first-order valence-corrected chi connectivity index (χ1v) is 8.87. The monoisotopic (exact) mass is 382 g/mol. The van der Waals surface area contributed by atoms with Gasteiger partial charge in [0.2, 0.25) is 5.72 Å². The average Bonchev–Trinajstić information content (AvgIpc) is 2.85. The van der Waals surface area contributed by atoms with Crippen molar-refractivity contribution in [1.29, 1.82) is 0 Å². The van der Waals surface area contributed by atoms with Gasteiger partial charge in [-0.15, -0.1) is 0 Å². The van der Waals surface area contributed by atoms with Gasteiger partial charge in [0.25, 0.3) is 0 Å². The number of benzene rings is 2. The summed E-state index contributed by atoms with van der Waals surface area (Å²) >= 11 is 0. The van der Waals surface area contributed by atoms with E-state index in [2.05, 4.69) is 4.99 Å². The number of likely N-dealkylation sites (N-methyl/N-ethyl adjacent to an activating group) is 1. The minimum Gasteiger partial charge on any atom is -0.496 e. The number of hydrogen-bond acceptors (Lipinski definition) is 6. The summed E-state index contributed by atoms with van der Waals surface area (Å²) in [6.45, 7) is 4.05. The highest BCUT2D eigenvalue weighted by atomic mass is 16.5. The molecule has 1 unspecified atom stereocenters. The van der Waals surface area contributed by atoms with Crippen molar-refractivity contribution in [3.05, 3.63) is 41.5 Å². The van der Waals surface area contributed by atoms with Crippen LogP contribution in [0, 0.1) is 0 Å². The molecule has 2 aromatic rings. The fourth-order valence-electron chi connectivity index (χ4n) is 4.08. The van der Waals surface area contributed by atoms with Crippen LogP contribution in [-0.2, 0) is 5.41 Å². The fourth-order valence-corrected chi connectivity index (χ4v) is 4.08. The lowest BCUT2D eigenvalue weighted by Gasteiger charge is -2.45. The Balaban J connectivity index is 1.88. The van der Waals surface area contributed by atoms with Gasteiger partial charge in [0.15, 0.2) is 11.5 Å². The minimum absolute atomic E-state index is 0.244. The highest BCUT2D eigenvalue weighted by Gasteiger charge is 2.58. The van der Waals surface area contributed by atoms with Crippen LogP contribution < -0.4 is 19.1 Å².